The second kappa shape index (κ2) is 8.54. The van der Waals surface area contributed by atoms with Crippen LogP contribution >= 0.6 is 0 Å². The maximum atomic E-state index is 13.5. The molecule has 1 unspecified atom stereocenters. The second-order valence-electron chi connectivity index (χ2n) is 7.23. The van der Waals surface area contributed by atoms with Gasteiger partial charge in [0.1, 0.15) is 23.1 Å². The number of likely N-dealkylation sites (N-methyl/N-ethyl adjacent to an activating group) is 1. The van der Waals surface area contributed by atoms with Crippen molar-refractivity contribution in [1.29, 1.82) is 0 Å². The molecule has 158 valence electrons. The quantitative estimate of drug-likeness (QED) is 0.429. The van der Waals surface area contributed by atoms with Crippen molar-refractivity contribution < 1.29 is 28.9 Å². The standard InChI is InChI=1S/C22H23FN2O5/c1-24(2)10-11-25-19(13-4-6-14(23)7-5-13)18(21(28)22(25)29)20(27)16-9-8-15(30-3)12-17(16)26/h4-9,12,19,26-27H,10-11H2,1-3H3/b20-18+. The smallest absolute Gasteiger partial charge is 0.295 e. The summed E-state index contributed by atoms with van der Waals surface area (Å²) in [5, 5.41) is 21.2. The third kappa shape index (κ3) is 3.99. The van der Waals surface area contributed by atoms with Crippen molar-refractivity contribution in [1.82, 2.24) is 9.80 Å². The molecule has 30 heavy (non-hydrogen) atoms. The van der Waals surface area contributed by atoms with E-state index in [1.807, 2.05) is 19.0 Å². The van der Waals surface area contributed by atoms with Crippen LogP contribution in [-0.4, -0.2) is 66.0 Å². The summed E-state index contributed by atoms with van der Waals surface area (Å²) in [6.45, 7) is 0.712. The number of halogens is 1. The highest BCUT2D eigenvalue weighted by atomic mass is 19.1. The first-order chi connectivity index (χ1) is 14.2. The molecule has 7 nitrogen and oxygen atoms in total. The van der Waals surface area contributed by atoms with Crippen LogP contribution in [0.5, 0.6) is 11.5 Å². The number of rotatable bonds is 6. The number of phenolic OH excluding ortho intramolecular Hbond substituents is 1. The van der Waals surface area contributed by atoms with E-state index in [1.165, 1.54) is 54.5 Å². The Morgan fingerprint density at radius 2 is 1.83 bits per heavy atom. The van der Waals surface area contributed by atoms with E-state index in [2.05, 4.69) is 0 Å². The molecule has 1 heterocycles. The number of phenols is 1. The molecule has 0 aromatic heterocycles. The summed E-state index contributed by atoms with van der Waals surface area (Å²) in [6, 6.07) is 8.70. The number of aromatic hydroxyl groups is 1. The van der Waals surface area contributed by atoms with Gasteiger partial charge in [-0.05, 0) is 43.9 Å². The summed E-state index contributed by atoms with van der Waals surface area (Å²) in [7, 11) is 5.09. The topological polar surface area (TPSA) is 90.3 Å². The van der Waals surface area contributed by atoms with Crippen molar-refractivity contribution in [3.63, 3.8) is 0 Å². The van der Waals surface area contributed by atoms with Crippen LogP contribution in [0.25, 0.3) is 5.76 Å². The van der Waals surface area contributed by atoms with Crippen LogP contribution in [-0.2, 0) is 9.59 Å². The molecule has 3 rings (SSSR count). The predicted molar refractivity (Wildman–Crippen MR) is 109 cm³/mol. The van der Waals surface area contributed by atoms with E-state index in [-0.39, 0.29) is 23.4 Å². The van der Waals surface area contributed by atoms with Crippen LogP contribution in [0, 0.1) is 5.82 Å². The molecular weight excluding hydrogens is 391 g/mol. The van der Waals surface area contributed by atoms with Crippen LogP contribution in [0.15, 0.2) is 48.0 Å². The normalized spacial score (nSPS) is 18.3. The molecule has 1 aliphatic heterocycles. The Morgan fingerprint density at radius 1 is 1.17 bits per heavy atom. The minimum atomic E-state index is -0.910. The molecule has 1 saturated heterocycles. The fourth-order valence-corrected chi connectivity index (χ4v) is 3.39. The zero-order chi connectivity index (χ0) is 22.0. The lowest BCUT2D eigenvalue weighted by molar-refractivity contribution is -0.140. The van der Waals surface area contributed by atoms with Crippen molar-refractivity contribution in [3.05, 3.63) is 65.0 Å². The van der Waals surface area contributed by atoms with Gasteiger partial charge in [0.15, 0.2) is 0 Å². The van der Waals surface area contributed by atoms with Gasteiger partial charge in [-0.3, -0.25) is 9.59 Å². The van der Waals surface area contributed by atoms with Crippen LogP contribution in [0.4, 0.5) is 4.39 Å². The van der Waals surface area contributed by atoms with Gasteiger partial charge in [-0.15, -0.1) is 0 Å². The number of nitrogens with zero attached hydrogens (tertiary/aromatic N) is 2. The molecule has 0 saturated carbocycles. The van der Waals surface area contributed by atoms with E-state index in [4.69, 9.17) is 4.74 Å². The summed E-state index contributed by atoms with van der Waals surface area (Å²) < 4.78 is 18.5. The molecule has 8 heteroatoms. The lowest BCUT2D eigenvalue weighted by Crippen LogP contribution is -2.35. The molecule has 0 spiro atoms. The minimum Gasteiger partial charge on any atom is -0.507 e. The summed E-state index contributed by atoms with van der Waals surface area (Å²) in [6.07, 6.45) is 0. The number of Topliss-reactive ketones (excluding diaryl/α,β-unsaturated/α-hetero) is 1. The van der Waals surface area contributed by atoms with E-state index >= 15 is 0 Å². The molecule has 1 aliphatic rings. The van der Waals surface area contributed by atoms with Gasteiger partial charge in [0, 0.05) is 19.2 Å². The number of hydrogen-bond donors (Lipinski definition) is 2. The van der Waals surface area contributed by atoms with E-state index < -0.39 is 29.3 Å². The Labute approximate surface area is 173 Å². The number of aliphatic hydroxyl groups excluding tert-OH is 1. The number of hydrogen-bond acceptors (Lipinski definition) is 6. The average molecular weight is 414 g/mol. The van der Waals surface area contributed by atoms with Gasteiger partial charge in [0.2, 0.25) is 0 Å². The maximum Gasteiger partial charge on any atom is 0.295 e. The Hall–Kier alpha value is -3.39. The third-order valence-electron chi connectivity index (χ3n) is 4.97. The number of benzene rings is 2. The number of ketones is 1. The lowest BCUT2D eigenvalue weighted by Gasteiger charge is -2.26. The highest BCUT2D eigenvalue weighted by Gasteiger charge is 2.46. The number of carbonyl (C=O) groups excluding carboxylic acids is 2. The van der Waals surface area contributed by atoms with E-state index in [0.29, 0.717) is 17.9 Å². The Balaban J connectivity index is 2.16. The summed E-state index contributed by atoms with van der Waals surface area (Å²) >= 11 is 0. The number of carbonyl (C=O) groups is 2. The zero-order valence-corrected chi connectivity index (χ0v) is 16.9. The van der Waals surface area contributed by atoms with Crippen molar-refractivity contribution in [2.45, 2.75) is 6.04 Å². The maximum absolute atomic E-state index is 13.5. The molecule has 2 aromatic carbocycles. The van der Waals surface area contributed by atoms with Crippen molar-refractivity contribution in [3.8, 4) is 11.5 Å². The molecule has 0 aliphatic carbocycles. The second-order valence-corrected chi connectivity index (χ2v) is 7.23. The van der Waals surface area contributed by atoms with E-state index in [1.54, 1.807) is 0 Å². The van der Waals surface area contributed by atoms with Gasteiger partial charge in [-0.1, -0.05) is 12.1 Å². The van der Waals surface area contributed by atoms with E-state index in [0.717, 1.165) is 0 Å². The van der Waals surface area contributed by atoms with Crippen LogP contribution < -0.4 is 4.74 Å². The van der Waals surface area contributed by atoms with Gasteiger partial charge < -0.3 is 24.7 Å². The van der Waals surface area contributed by atoms with Gasteiger partial charge in [0.05, 0.1) is 24.3 Å². The fourth-order valence-electron chi connectivity index (χ4n) is 3.39. The lowest BCUT2D eigenvalue weighted by atomic mass is 9.95. The number of methoxy groups -OCH3 is 1. The van der Waals surface area contributed by atoms with Gasteiger partial charge in [0.25, 0.3) is 11.7 Å². The molecule has 0 radical (unpaired) electrons. The van der Waals surface area contributed by atoms with Crippen LogP contribution in [0.3, 0.4) is 0 Å². The Bertz CT molecular complexity index is 1000. The highest BCUT2D eigenvalue weighted by Crippen LogP contribution is 2.41. The fraction of sp³-hybridized carbons (Fsp3) is 0.273. The summed E-state index contributed by atoms with van der Waals surface area (Å²) in [5.41, 5.74) is 0.309. The average Bonchev–Trinajstić information content (AvgIpc) is 2.96. The summed E-state index contributed by atoms with van der Waals surface area (Å²) in [4.78, 5) is 28.8. The van der Waals surface area contributed by atoms with Gasteiger partial charge >= 0.3 is 0 Å². The third-order valence-corrected chi connectivity index (χ3v) is 4.97. The molecule has 1 atom stereocenters. The molecular formula is C22H23FN2O5. The first-order valence-electron chi connectivity index (χ1n) is 9.30. The minimum absolute atomic E-state index is 0.00600. The first-order valence-corrected chi connectivity index (χ1v) is 9.30. The van der Waals surface area contributed by atoms with Crippen molar-refractivity contribution in [2.24, 2.45) is 0 Å². The predicted octanol–water partition coefficient (Wildman–Crippen LogP) is 2.52. The van der Waals surface area contributed by atoms with Crippen LogP contribution in [0.1, 0.15) is 17.2 Å². The number of aliphatic hydroxyl groups is 1. The SMILES string of the molecule is COc1ccc(/C(O)=C2\C(=O)C(=O)N(CCN(C)C)C2c2ccc(F)cc2)c(O)c1. The Morgan fingerprint density at radius 3 is 2.40 bits per heavy atom. The monoisotopic (exact) mass is 414 g/mol. The zero-order valence-electron chi connectivity index (χ0n) is 16.9. The molecule has 2 aromatic rings. The largest absolute Gasteiger partial charge is 0.507 e. The van der Waals surface area contributed by atoms with Gasteiger partial charge in [-0.2, -0.15) is 0 Å². The van der Waals surface area contributed by atoms with E-state index in [9.17, 15) is 24.2 Å². The number of likely N-dealkylation sites (tertiary alicyclic amines) is 1. The highest BCUT2D eigenvalue weighted by molar-refractivity contribution is 6.46. The Kier molecular flexibility index (Phi) is 6.07. The van der Waals surface area contributed by atoms with Crippen molar-refractivity contribution >= 4 is 17.4 Å². The molecule has 1 fully saturated rings. The van der Waals surface area contributed by atoms with Crippen molar-refractivity contribution in [2.75, 3.05) is 34.3 Å². The summed E-state index contributed by atoms with van der Waals surface area (Å²) in [5.74, 6) is -2.53. The number of amides is 1. The number of ether oxygens (including phenoxy) is 1. The molecule has 2 N–H and O–H groups in total. The molecule has 1 amide bonds. The van der Waals surface area contributed by atoms with Crippen LogP contribution in [0.2, 0.25) is 0 Å². The molecule has 0 bridgehead atoms. The van der Waals surface area contributed by atoms with Gasteiger partial charge in [-0.25, -0.2) is 4.39 Å². The first kappa shape index (κ1) is 21.3.